The lowest BCUT2D eigenvalue weighted by Gasteiger charge is -2.23. The number of hydrogen-bond acceptors (Lipinski definition) is 3. The van der Waals surface area contributed by atoms with Gasteiger partial charge in [-0.05, 0) is 36.7 Å². The lowest BCUT2D eigenvalue weighted by molar-refractivity contribution is 0.0696. The minimum Gasteiger partial charge on any atom is -0.478 e. The molecule has 0 fully saturated rings. The molecule has 0 radical (unpaired) electrons. The standard InChI is InChI=1S/C24H26B2O4/c1-18-21(24(27)28)14-15-22(25(29-2)16-19-10-6-4-7-11-19)23(18)26(30-3)17-20-12-8-5-9-13-20/h4-15H,16-17H2,1-3H3,(H,27,28). The second-order valence-electron chi connectivity index (χ2n) is 7.37. The van der Waals surface area contributed by atoms with Crippen LogP contribution in [0.2, 0.25) is 0 Å². The Morgan fingerprint density at radius 2 is 1.30 bits per heavy atom. The molecule has 0 saturated carbocycles. The highest BCUT2D eigenvalue weighted by Gasteiger charge is 2.31. The number of hydrogen-bond donors (Lipinski definition) is 1. The molecule has 6 heteroatoms. The average molecular weight is 400 g/mol. The van der Waals surface area contributed by atoms with Gasteiger partial charge in [0.05, 0.1) is 5.56 Å². The Balaban J connectivity index is 2.07. The van der Waals surface area contributed by atoms with Gasteiger partial charge in [0.25, 0.3) is 0 Å². The van der Waals surface area contributed by atoms with Crippen LogP contribution >= 0.6 is 0 Å². The molecule has 0 aliphatic heterocycles. The molecule has 30 heavy (non-hydrogen) atoms. The monoisotopic (exact) mass is 400 g/mol. The first kappa shape index (κ1) is 21.9. The summed E-state index contributed by atoms with van der Waals surface area (Å²) in [7, 11) is 3.36. The van der Waals surface area contributed by atoms with Crippen molar-refractivity contribution in [3.05, 3.63) is 95.1 Å². The number of carboxylic acids is 1. The van der Waals surface area contributed by atoms with Crippen LogP contribution in [-0.4, -0.2) is 39.1 Å². The molecule has 0 aliphatic rings. The summed E-state index contributed by atoms with van der Waals surface area (Å²) in [6, 6.07) is 23.8. The maximum atomic E-state index is 11.8. The smallest absolute Gasteiger partial charge is 0.335 e. The van der Waals surface area contributed by atoms with E-state index in [0.717, 1.165) is 27.6 Å². The molecular weight excluding hydrogens is 374 g/mol. The van der Waals surface area contributed by atoms with E-state index < -0.39 is 5.97 Å². The number of carboxylic acid groups (broad SMARTS) is 1. The van der Waals surface area contributed by atoms with Crippen molar-refractivity contribution in [3.8, 4) is 0 Å². The highest BCUT2D eigenvalue weighted by Crippen LogP contribution is 2.12. The van der Waals surface area contributed by atoms with Crippen molar-refractivity contribution in [2.24, 2.45) is 0 Å². The fourth-order valence-corrected chi connectivity index (χ4v) is 3.97. The first-order valence-corrected chi connectivity index (χ1v) is 10.0. The Labute approximate surface area is 179 Å². The summed E-state index contributed by atoms with van der Waals surface area (Å²) in [5.41, 5.74) is 5.16. The van der Waals surface area contributed by atoms with Crippen LogP contribution in [0.15, 0.2) is 72.8 Å². The summed E-state index contributed by atoms with van der Waals surface area (Å²) in [6.45, 7) is 1.36. The van der Waals surface area contributed by atoms with Gasteiger partial charge in [-0.2, -0.15) is 0 Å². The largest absolute Gasteiger partial charge is 0.478 e. The molecule has 0 atom stereocenters. The third-order valence-electron chi connectivity index (χ3n) is 5.54. The predicted molar refractivity (Wildman–Crippen MR) is 123 cm³/mol. The molecule has 152 valence electrons. The summed E-state index contributed by atoms with van der Waals surface area (Å²) < 4.78 is 11.8. The van der Waals surface area contributed by atoms with Crippen molar-refractivity contribution in [1.29, 1.82) is 0 Å². The summed E-state index contributed by atoms with van der Waals surface area (Å²) in [5.74, 6) is -0.938. The fourth-order valence-electron chi connectivity index (χ4n) is 3.97. The molecule has 3 rings (SSSR count). The molecule has 0 spiro atoms. The van der Waals surface area contributed by atoms with E-state index >= 15 is 0 Å². The number of carbonyl (C=O) groups is 1. The van der Waals surface area contributed by atoms with Gasteiger partial charge in [0, 0.05) is 14.2 Å². The molecular formula is C24H26B2O4. The lowest BCUT2D eigenvalue weighted by Crippen LogP contribution is -2.54. The van der Waals surface area contributed by atoms with Crippen LogP contribution in [0.3, 0.4) is 0 Å². The minimum atomic E-state index is -0.938. The van der Waals surface area contributed by atoms with Crippen molar-refractivity contribution in [2.75, 3.05) is 14.2 Å². The van der Waals surface area contributed by atoms with Gasteiger partial charge in [-0.15, -0.1) is 0 Å². The van der Waals surface area contributed by atoms with Gasteiger partial charge in [-0.3, -0.25) is 0 Å². The molecule has 0 heterocycles. The first-order chi connectivity index (χ1) is 14.5. The van der Waals surface area contributed by atoms with Gasteiger partial charge in [0.1, 0.15) is 0 Å². The van der Waals surface area contributed by atoms with Gasteiger partial charge in [0.15, 0.2) is 0 Å². The molecule has 0 unspecified atom stereocenters. The SMILES string of the molecule is COB(Cc1ccccc1)c1ccc(C(=O)O)c(C)c1B(Cc1ccccc1)OC. The number of rotatable bonds is 9. The molecule has 3 aromatic rings. The second-order valence-corrected chi connectivity index (χ2v) is 7.37. The van der Waals surface area contributed by atoms with Crippen LogP contribution in [0, 0.1) is 6.92 Å². The number of aromatic carboxylic acids is 1. The summed E-state index contributed by atoms with van der Waals surface area (Å²) in [4.78, 5) is 11.8. The molecule has 4 nitrogen and oxygen atoms in total. The Hall–Kier alpha value is -2.82. The van der Waals surface area contributed by atoms with E-state index in [1.165, 1.54) is 0 Å². The zero-order valence-electron chi connectivity index (χ0n) is 17.7. The van der Waals surface area contributed by atoms with Crippen molar-refractivity contribution in [1.82, 2.24) is 0 Å². The van der Waals surface area contributed by atoms with Gasteiger partial charge >= 0.3 is 19.8 Å². The van der Waals surface area contributed by atoms with Crippen LogP contribution < -0.4 is 10.9 Å². The molecule has 0 aromatic heterocycles. The lowest BCUT2D eigenvalue weighted by atomic mass is 9.45. The van der Waals surface area contributed by atoms with Crippen LogP contribution in [0.4, 0.5) is 0 Å². The summed E-state index contributed by atoms with van der Waals surface area (Å²) >= 11 is 0. The predicted octanol–water partition coefficient (Wildman–Crippen LogP) is 2.95. The highest BCUT2D eigenvalue weighted by atomic mass is 16.4. The average Bonchev–Trinajstić information content (AvgIpc) is 2.77. The Morgan fingerprint density at radius 3 is 1.77 bits per heavy atom. The van der Waals surface area contributed by atoms with E-state index in [4.69, 9.17) is 9.31 Å². The quantitative estimate of drug-likeness (QED) is 0.562. The molecule has 0 aliphatic carbocycles. The molecule has 0 saturated heterocycles. The summed E-state index contributed by atoms with van der Waals surface area (Å²) in [5, 5.41) is 9.68. The van der Waals surface area contributed by atoms with Gasteiger partial charge in [0.2, 0.25) is 0 Å². The van der Waals surface area contributed by atoms with Gasteiger partial charge in [-0.1, -0.05) is 83.3 Å². The maximum Gasteiger partial charge on any atom is 0.335 e. The first-order valence-electron chi connectivity index (χ1n) is 10.0. The van der Waals surface area contributed by atoms with E-state index in [0.29, 0.717) is 18.2 Å². The van der Waals surface area contributed by atoms with E-state index in [2.05, 4.69) is 24.3 Å². The Bertz CT molecular complexity index is 977. The highest BCUT2D eigenvalue weighted by molar-refractivity contribution is 6.79. The van der Waals surface area contributed by atoms with Crippen LogP contribution in [0.1, 0.15) is 27.0 Å². The number of benzene rings is 3. The minimum absolute atomic E-state index is 0.211. The van der Waals surface area contributed by atoms with Gasteiger partial charge < -0.3 is 14.4 Å². The third-order valence-corrected chi connectivity index (χ3v) is 5.54. The Kier molecular flexibility index (Phi) is 7.50. The van der Waals surface area contributed by atoms with Crippen LogP contribution in [-0.2, 0) is 21.9 Å². The second kappa shape index (κ2) is 10.3. The zero-order valence-corrected chi connectivity index (χ0v) is 17.7. The zero-order chi connectivity index (χ0) is 21.5. The van der Waals surface area contributed by atoms with Crippen molar-refractivity contribution < 1.29 is 19.2 Å². The van der Waals surface area contributed by atoms with E-state index in [1.807, 2.05) is 49.4 Å². The van der Waals surface area contributed by atoms with Gasteiger partial charge in [-0.25, -0.2) is 4.79 Å². The van der Waals surface area contributed by atoms with E-state index in [9.17, 15) is 9.90 Å². The van der Waals surface area contributed by atoms with Crippen LogP contribution in [0.5, 0.6) is 0 Å². The van der Waals surface area contributed by atoms with Crippen molar-refractivity contribution in [2.45, 2.75) is 19.6 Å². The Morgan fingerprint density at radius 1 is 0.800 bits per heavy atom. The van der Waals surface area contributed by atoms with E-state index in [-0.39, 0.29) is 13.8 Å². The molecule has 3 aromatic carbocycles. The third kappa shape index (κ3) is 5.02. The maximum absolute atomic E-state index is 11.8. The summed E-state index contributed by atoms with van der Waals surface area (Å²) in [6.07, 6.45) is 1.34. The molecule has 0 bridgehead atoms. The van der Waals surface area contributed by atoms with Crippen molar-refractivity contribution >= 4 is 30.7 Å². The molecule has 1 N–H and O–H groups in total. The van der Waals surface area contributed by atoms with E-state index in [1.54, 1.807) is 20.3 Å². The molecule has 0 amide bonds. The fraction of sp³-hybridized carbons (Fsp3) is 0.208. The topological polar surface area (TPSA) is 55.8 Å². The normalized spacial score (nSPS) is 10.6. The van der Waals surface area contributed by atoms with Crippen molar-refractivity contribution in [3.63, 3.8) is 0 Å². The van der Waals surface area contributed by atoms with Crippen LogP contribution in [0.25, 0.3) is 0 Å².